The molecular weight excluding hydrogens is 497 g/mol. The van der Waals surface area contributed by atoms with Crippen molar-refractivity contribution in [1.82, 2.24) is 29.7 Å². The van der Waals surface area contributed by atoms with Gasteiger partial charge < -0.3 is 20.3 Å². The van der Waals surface area contributed by atoms with Gasteiger partial charge in [0.1, 0.15) is 10.7 Å². The number of hydrogen-bond donors (Lipinski definition) is 3. The molecule has 0 bridgehead atoms. The van der Waals surface area contributed by atoms with Crippen molar-refractivity contribution in [2.75, 3.05) is 51.2 Å². The van der Waals surface area contributed by atoms with Crippen LogP contribution in [-0.2, 0) is 17.8 Å². The molecule has 37 heavy (non-hydrogen) atoms. The molecule has 10 nitrogen and oxygen atoms in total. The van der Waals surface area contributed by atoms with Gasteiger partial charge in [0.25, 0.3) is 5.91 Å². The number of β-amino-alcohol motifs (C(OH)–C–C–N with tert-alkyl or cyclic N) is 1. The van der Waals surface area contributed by atoms with Gasteiger partial charge in [-0.3, -0.25) is 19.4 Å². The highest BCUT2D eigenvalue weighted by molar-refractivity contribution is 7.17. The van der Waals surface area contributed by atoms with Crippen LogP contribution >= 0.6 is 11.3 Å². The molecule has 12 heteroatoms. The van der Waals surface area contributed by atoms with Crippen LogP contribution < -0.4 is 10.6 Å². The summed E-state index contributed by atoms with van der Waals surface area (Å²) in [6.07, 6.45) is 7.97. The number of amides is 2. The molecule has 1 unspecified atom stereocenters. The number of anilines is 1. The molecule has 1 fully saturated rings. The first-order valence-electron chi connectivity index (χ1n) is 12.3. The van der Waals surface area contributed by atoms with E-state index in [-0.39, 0.29) is 24.2 Å². The number of nitrogens with zero attached hydrogens (tertiary/aromatic N) is 5. The molecular formula is C25H32FN7O3S. The molecule has 2 amide bonds. The number of aromatic nitrogens is 3. The highest BCUT2D eigenvalue weighted by Crippen LogP contribution is 2.20. The molecule has 1 aliphatic heterocycles. The van der Waals surface area contributed by atoms with Gasteiger partial charge >= 0.3 is 0 Å². The van der Waals surface area contributed by atoms with Gasteiger partial charge in [0, 0.05) is 58.2 Å². The number of aliphatic hydroxyl groups excluding tert-OH is 1. The Morgan fingerprint density at radius 1 is 1.14 bits per heavy atom. The van der Waals surface area contributed by atoms with Gasteiger partial charge in [0.05, 0.1) is 25.2 Å². The van der Waals surface area contributed by atoms with Crippen molar-refractivity contribution in [3.8, 4) is 0 Å². The van der Waals surface area contributed by atoms with Gasteiger partial charge in [-0.05, 0) is 30.5 Å². The summed E-state index contributed by atoms with van der Waals surface area (Å²) >= 11 is 1.13. The topological polar surface area (TPSA) is 116 Å². The minimum absolute atomic E-state index is 0.101. The molecule has 1 aromatic carbocycles. The Labute approximate surface area is 219 Å². The second-order valence-corrected chi connectivity index (χ2v) is 9.91. The van der Waals surface area contributed by atoms with E-state index in [1.54, 1.807) is 24.7 Å². The summed E-state index contributed by atoms with van der Waals surface area (Å²) in [6.45, 7) is 4.81. The second kappa shape index (κ2) is 13.4. The van der Waals surface area contributed by atoms with Crippen molar-refractivity contribution in [2.45, 2.75) is 25.4 Å². The molecule has 3 N–H and O–H groups in total. The van der Waals surface area contributed by atoms with Crippen LogP contribution in [-0.4, -0.2) is 93.2 Å². The van der Waals surface area contributed by atoms with E-state index in [0.717, 1.165) is 43.0 Å². The molecule has 0 radical (unpaired) electrons. The predicted molar refractivity (Wildman–Crippen MR) is 139 cm³/mol. The summed E-state index contributed by atoms with van der Waals surface area (Å²) in [5.74, 6) is -0.772. The molecule has 3 heterocycles. The summed E-state index contributed by atoms with van der Waals surface area (Å²) in [4.78, 5) is 38.8. The van der Waals surface area contributed by atoms with Gasteiger partial charge in [-0.1, -0.05) is 23.5 Å². The number of piperazine rings is 1. The van der Waals surface area contributed by atoms with Crippen LogP contribution in [0, 0.1) is 5.82 Å². The van der Waals surface area contributed by atoms with Crippen LogP contribution in [0.25, 0.3) is 0 Å². The average Bonchev–Trinajstić information content (AvgIpc) is 3.59. The van der Waals surface area contributed by atoms with Crippen LogP contribution in [0.4, 0.5) is 9.52 Å². The fourth-order valence-corrected chi connectivity index (χ4v) is 5.00. The van der Waals surface area contributed by atoms with Gasteiger partial charge in [0.2, 0.25) is 5.91 Å². The molecule has 1 saturated heterocycles. The highest BCUT2D eigenvalue weighted by atomic mass is 32.1. The monoisotopic (exact) mass is 529 g/mol. The fourth-order valence-electron chi connectivity index (χ4n) is 4.27. The quantitative estimate of drug-likeness (QED) is 0.304. The lowest BCUT2D eigenvalue weighted by atomic mass is 10.0. The number of aliphatic hydroxyl groups is 1. The first kappa shape index (κ1) is 26.9. The third-order valence-electron chi connectivity index (χ3n) is 6.31. The normalized spacial score (nSPS) is 15.4. The number of imidazole rings is 1. The maximum atomic E-state index is 13.4. The van der Waals surface area contributed by atoms with E-state index in [1.807, 2.05) is 10.8 Å². The Balaban J connectivity index is 1.34. The van der Waals surface area contributed by atoms with Crippen LogP contribution in [0.1, 0.15) is 21.7 Å². The SMILES string of the molecule is O=C(NCCCn1ccnc1)c1cnc(NC(=O)C(Cc2ccc(F)cc2)N2CCN(CCO)CC2)s1. The number of nitrogens with one attached hydrogen (secondary N) is 2. The molecule has 2 aromatic heterocycles. The predicted octanol–water partition coefficient (Wildman–Crippen LogP) is 1.46. The minimum Gasteiger partial charge on any atom is -0.395 e. The number of halogens is 1. The standard InChI is InChI=1S/C25H32FN7O3S/c26-20-4-2-19(3-5-20)16-21(33-12-10-31(11-13-33)14-15-34)23(35)30-25-29-17-22(37-25)24(36)28-6-1-8-32-9-7-27-18-32/h2-5,7,9,17-18,21,34H,1,6,8,10-16H2,(H,28,36)(H,29,30,35). The van der Waals surface area contributed by atoms with E-state index in [2.05, 4.69) is 30.4 Å². The Morgan fingerprint density at radius 2 is 1.92 bits per heavy atom. The molecule has 198 valence electrons. The summed E-state index contributed by atoms with van der Waals surface area (Å²) < 4.78 is 15.4. The van der Waals surface area contributed by atoms with Crippen LogP contribution in [0.2, 0.25) is 0 Å². The highest BCUT2D eigenvalue weighted by Gasteiger charge is 2.30. The van der Waals surface area contributed by atoms with Crippen molar-refractivity contribution >= 4 is 28.3 Å². The van der Waals surface area contributed by atoms with Gasteiger partial charge in [-0.15, -0.1) is 0 Å². The number of rotatable bonds is 12. The third kappa shape index (κ3) is 7.89. The zero-order valence-corrected chi connectivity index (χ0v) is 21.4. The number of benzene rings is 1. The van der Waals surface area contributed by atoms with Crippen LogP contribution in [0.5, 0.6) is 0 Å². The van der Waals surface area contributed by atoms with E-state index in [0.29, 0.717) is 42.6 Å². The van der Waals surface area contributed by atoms with E-state index < -0.39 is 6.04 Å². The van der Waals surface area contributed by atoms with Crippen molar-refractivity contribution < 1.29 is 19.1 Å². The maximum Gasteiger partial charge on any atom is 0.263 e. The number of carbonyl (C=O) groups excluding carboxylic acids is 2. The summed E-state index contributed by atoms with van der Waals surface area (Å²) in [7, 11) is 0. The minimum atomic E-state index is -0.480. The zero-order chi connectivity index (χ0) is 26.0. The average molecular weight is 530 g/mol. The van der Waals surface area contributed by atoms with Gasteiger partial charge in [-0.2, -0.15) is 0 Å². The van der Waals surface area contributed by atoms with E-state index >= 15 is 0 Å². The molecule has 0 saturated carbocycles. The lowest BCUT2D eigenvalue weighted by Crippen LogP contribution is -2.54. The molecule has 3 aromatic rings. The summed E-state index contributed by atoms with van der Waals surface area (Å²) in [6, 6.07) is 5.69. The zero-order valence-electron chi connectivity index (χ0n) is 20.6. The van der Waals surface area contributed by atoms with Crippen molar-refractivity contribution in [1.29, 1.82) is 0 Å². The Kier molecular flexibility index (Phi) is 9.71. The van der Waals surface area contributed by atoms with E-state index in [1.165, 1.54) is 18.3 Å². The lowest BCUT2D eigenvalue weighted by molar-refractivity contribution is -0.122. The first-order chi connectivity index (χ1) is 18.0. The largest absolute Gasteiger partial charge is 0.395 e. The molecule has 1 atom stereocenters. The van der Waals surface area contributed by atoms with Crippen LogP contribution in [0.3, 0.4) is 0 Å². The van der Waals surface area contributed by atoms with Gasteiger partial charge in [-0.25, -0.2) is 14.4 Å². The molecule has 4 rings (SSSR count). The molecule has 1 aliphatic rings. The van der Waals surface area contributed by atoms with Crippen LogP contribution in [0.15, 0.2) is 49.2 Å². The van der Waals surface area contributed by atoms with Crippen molar-refractivity contribution in [3.63, 3.8) is 0 Å². The third-order valence-corrected chi connectivity index (χ3v) is 7.22. The van der Waals surface area contributed by atoms with Crippen molar-refractivity contribution in [2.24, 2.45) is 0 Å². The van der Waals surface area contributed by atoms with E-state index in [4.69, 9.17) is 0 Å². The first-order valence-corrected chi connectivity index (χ1v) is 13.2. The maximum absolute atomic E-state index is 13.4. The molecule has 0 aliphatic carbocycles. The van der Waals surface area contributed by atoms with Gasteiger partial charge in [0.15, 0.2) is 5.13 Å². The fraction of sp³-hybridized carbons (Fsp3) is 0.440. The number of hydrogen-bond acceptors (Lipinski definition) is 8. The van der Waals surface area contributed by atoms with E-state index in [9.17, 15) is 19.1 Å². The number of carbonyl (C=O) groups is 2. The van der Waals surface area contributed by atoms with Crippen molar-refractivity contribution in [3.05, 3.63) is 65.4 Å². The molecule has 0 spiro atoms. The Bertz CT molecular complexity index is 1130. The number of thiazole rings is 1. The Morgan fingerprint density at radius 3 is 2.62 bits per heavy atom. The Hall–Kier alpha value is -3.19. The number of aryl methyl sites for hydroxylation is 1. The smallest absolute Gasteiger partial charge is 0.263 e. The summed E-state index contributed by atoms with van der Waals surface area (Å²) in [5, 5.41) is 15.3. The summed E-state index contributed by atoms with van der Waals surface area (Å²) in [5.41, 5.74) is 0.856. The lowest BCUT2D eigenvalue weighted by Gasteiger charge is -2.38. The second-order valence-electron chi connectivity index (χ2n) is 8.88.